The van der Waals surface area contributed by atoms with Crippen LogP contribution in [0.3, 0.4) is 0 Å². The van der Waals surface area contributed by atoms with Gasteiger partial charge in [-0.2, -0.15) is 9.40 Å². The Hall–Kier alpha value is -0.960. The quantitative estimate of drug-likeness (QED) is 0.785. The maximum atomic E-state index is 12.7. The summed E-state index contributed by atoms with van der Waals surface area (Å²) in [4.78, 5) is 2.29. The zero-order valence-corrected chi connectivity index (χ0v) is 13.8. The van der Waals surface area contributed by atoms with Gasteiger partial charge in [-0.15, -0.1) is 0 Å². The smallest absolute Gasteiger partial charge is 0.260 e. The average Bonchev–Trinajstić information content (AvgIpc) is 2.94. The molecule has 1 aromatic heterocycles. The van der Waals surface area contributed by atoms with Crippen LogP contribution in [0.4, 0.5) is 0 Å². The largest absolute Gasteiger partial charge is 0.313 e. The first-order valence-electron chi connectivity index (χ1n) is 7.44. The van der Waals surface area contributed by atoms with E-state index < -0.39 is 10.0 Å². The van der Waals surface area contributed by atoms with Crippen LogP contribution in [-0.4, -0.2) is 66.6 Å². The third-order valence-corrected chi connectivity index (χ3v) is 5.76. The van der Waals surface area contributed by atoms with Gasteiger partial charge in [-0.1, -0.05) is 6.92 Å². The highest BCUT2D eigenvalue weighted by molar-refractivity contribution is 7.89. The van der Waals surface area contributed by atoms with Crippen LogP contribution in [0.2, 0.25) is 0 Å². The van der Waals surface area contributed by atoms with Crippen molar-refractivity contribution in [1.29, 1.82) is 0 Å². The van der Waals surface area contributed by atoms with Gasteiger partial charge >= 0.3 is 0 Å². The Kier molecular flexibility index (Phi) is 5.37. The minimum atomic E-state index is -3.48. The Morgan fingerprint density at radius 3 is 2.57 bits per heavy atom. The Morgan fingerprint density at radius 1 is 1.33 bits per heavy atom. The molecule has 0 spiro atoms. The molecule has 0 radical (unpaired) electrons. The first kappa shape index (κ1) is 16.4. The van der Waals surface area contributed by atoms with Gasteiger partial charge in [-0.3, -0.25) is 10.00 Å². The van der Waals surface area contributed by atoms with Crippen molar-refractivity contribution in [2.75, 3.05) is 32.7 Å². The van der Waals surface area contributed by atoms with Crippen molar-refractivity contribution in [3.05, 3.63) is 11.8 Å². The number of nitrogens with zero attached hydrogens (tertiary/aromatic N) is 3. The molecule has 7 nitrogen and oxygen atoms in total. The van der Waals surface area contributed by atoms with Crippen molar-refractivity contribution < 1.29 is 8.42 Å². The number of nitrogens with one attached hydrogen (secondary N) is 2. The second-order valence-electron chi connectivity index (χ2n) is 5.54. The van der Waals surface area contributed by atoms with Crippen LogP contribution in [0.15, 0.2) is 11.2 Å². The van der Waals surface area contributed by atoms with Crippen LogP contribution in [0.5, 0.6) is 0 Å². The summed E-state index contributed by atoms with van der Waals surface area (Å²) < 4.78 is 27.0. The molecule has 1 aliphatic rings. The molecule has 0 aliphatic carbocycles. The maximum Gasteiger partial charge on any atom is 0.260 e. The number of hydrogen-bond donors (Lipinski definition) is 2. The van der Waals surface area contributed by atoms with E-state index in [0.29, 0.717) is 31.2 Å². The number of piperazine rings is 1. The molecule has 0 amide bonds. The zero-order chi connectivity index (χ0) is 15.5. The second-order valence-corrected chi connectivity index (χ2v) is 7.41. The molecule has 1 aliphatic heterocycles. The van der Waals surface area contributed by atoms with E-state index in [1.54, 1.807) is 10.5 Å². The summed E-state index contributed by atoms with van der Waals surface area (Å²) in [5.41, 5.74) is 0.697. The molecular formula is C13H25N5O2S. The van der Waals surface area contributed by atoms with E-state index in [1.165, 1.54) is 0 Å². The molecule has 2 N–H and O–H groups in total. The standard InChI is InChI=1S/C13H25N5O2S/c1-4-14-9-12-10-15-16-13(12)21(19,20)18-7-5-17(6-8-18)11(2)3/h10-11,14H,4-9H2,1-3H3,(H,15,16). The van der Waals surface area contributed by atoms with Crippen LogP contribution >= 0.6 is 0 Å². The van der Waals surface area contributed by atoms with Gasteiger partial charge in [0.05, 0.1) is 6.20 Å². The molecule has 2 heterocycles. The van der Waals surface area contributed by atoms with Gasteiger partial charge in [0, 0.05) is 44.3 Å². The van der Waals surface area contributed by atoms with Crippen molar-refractivity contribution in [3.8, 4) is 0 Å². The van der Waals surface area contributed by atoms with Gasteiger partial charge in [0.15, 0.2) is 5.03 Å². The number of sulfonamides is 1. The minimum Gasteiger partial charge on any atom is -0.313 e. The van der Waals surface area contributed by atoms with Crippen LogP contribution in [-0.2, 0) is 16.6 Å². The van der Waals surface area contributed by atoms with Crippen molar-refractivity contribution in [2.45, 2.75) is 38.4 Å². The van der Waals surface area contributed by atoms with Crippen molar-refractivity contribution in [3.63, 3.8) is 0 Å². The molecule has 8 heteroatoms. The SMILES string of the molecule is CCNCc1cn[nH]c1S(=O)(=O)N1CCN(C(C)C)CC1. The van der Waals surface area contributed by atoms with E-state index in [0.717, 1.165) is 19.6 Å². The first-order chi connectivity index (χ1) is 9.96. The molecule has 0 atom stereocenters. The Balaban J connectivity index is 2.10. The molecule has 1 aromatic rings. The minimum absolute atomic E-state index is 0.224. The van der Waals surface area contributed by atoms with Gasteiger partial charge in [0.2, 0.25) is 0 Å². The Morgan fingerprint density at radius 2 is 2.00 bits per heavy atom. The molecule has 1 saturated heterocycles. The lowest BCUT2D eigenvalue weighted by molar-refractivity contribution is 0.154. The fraction of sp³-hybridized carbons (Fsp3) is 0.769. The molecule has 21 heavy (non-hydrogen) atoms. The van der Waals surface area contributed by atoms with Crippen molar-refractivity contribution in [1.82, 2.24) is 24.7 Å². The lowest BCUT2D eigenvalue weighted by atomic mass is 10.3. The second kappa shape index (κ2) is 6.87. The van der Waals surface area contributed by atoms with E-state index in [4.69, 9.17) is 0 Å². The number of hydrogen-bond acceptors (Lipinski definition) is 5. The van der Waals surface area contributed by atoms with Gasteiger partial charge in [0.1, 0.15) is 0 Å². The normalized spacial score (nSPS) is 18.5. The van der Waals surface area contributed by atoms with Gasteiger partial charge in [-0.05, 0) is 20.4 Å². The van der Waals surface area contributed by atoms with Crippen molar-refractivity contribution in [2.24, 2.45) is 0 Å². The summed E-state index contributed by atoms with van der Waals surface area (Å²) in [6.07, 6.45) is 1.58. The molecule has 0 unspecified atom stereocenters. The third-order valence-electron chi connectivity index (χ3n) is 3.84. The van der Waals surface area contributed by atoms with Crippen LogP contribution < -0.4 is 5.32 Å². The van der Waals surface area contributed by atoms with Gasteiger partial charge < -0.3 is 5.32 Å². The summed E-state index contributed by atoms with van der Waals surface area (Å²) in [6.45, 7) is 10.1. The number of rotatable bonds is 6. The molecule has 0 saturated carbocycles. The predicted octanol–water partition coefficient (Wildman–Crippen LogP) is 0.234. The average molecular weight is 315 g/mol. The Bertz CT molecular complexity index is 547. The highest BCUT2D eigenvalue weighted by atomic mass is 32.2. The molecule has 1 fully saturated rings. The number of aromatic amines is 1. The van der Waals surface area contributed by atoms with E-state index in [-0.39, 0.29) is 5.03 Å². The number of H-pyrrole nitrogens is 1. The Labute approximate surface area is 126 Å². The monoisotopic (exact) mass is 315 g/mol. The molecule has 120 valence electrons. The molecule has 0 bridgehead atoms. The topological polar surface area (TPSA) is 81.3 Å². The zero-order valence-electron chi connectivity index (χ0n) is 13.0. The highest BCUT2D eigenvalue weighted by Crippen LogP contribution is 2.19. The summed E-state index contributed by atoms with van der Waals surface area (Å²) >= 11 is 0. The third kappa shape index (κ3) is 3.63. The summed E-state index contributed by atoms with van der Waals surface area (Å²) in [7, 11) is -3.48. The van der Waals surface area contributed by atoms with Gasteiger partial charge in [0.25, 0.3) is 10.0 Å². The molecule has 2 rings (SSSR count). The van der Waals surface area contributed by atoms with E-state index in [2.05, 4.69) is 34.3 Å². The first-order valence-corrected chi connectivity index (χ1v) is 8.88. The summed E-state index contributed by atoms with van der Waals surface area (Å²) in [6, 6.07) is 0.450. The lowest BCUT2D eigenvalue weighted by Crippen LogP contribution is -2.50. The number of aromatic nitrogens is 2. The van der Waals surface area contributed by atoms with E-state index >= 15 is 0 Å². The summed E-state index contributed by atoms with van der Waals surface area (Å²) in [5.74, 6) is 0. The molecular weight excluding hydrogens is 290 g/mol. The fourth-order valence-electron chi connectivity index (χ4n) is 2.50. The lowest BCUT2D eigenvalue weighted by Gasteiger charge is -2.36. The van der Waals surface area contributed by atoms with Crippen molar-refractivity contribution >= 4 is 10.0 Å². The van der Waals surface area contributed by atoms with E-state index in [9.17, 15) is 8.42 Å². The fourth-order valence-corrected chi connectivity index (χ4v) is 4.02. The van der Waals surface area contributed by atoms with Crippen LogP contribution in [0, 0.1) is 0 Å². The van der Waals surface area contributed by atoms with Crippen LogP contribution in [0.1, 0.15) is 26.3 Å². The van der Waals surface area contributed by atoms with Gasteiger partial charge in [-0.25, -0.2) is 8.42 Å². The molecule has 0 aromatic carbocycles. The van der Waals surface area contributed by atoms with Crippen LogP contribution in [0.25, 0.3) is 0 Å². The maximum absolute atomic E-state index is 12.7. The van der Waals surface area contributed by atoms with E-state index in [1.807, 2.05) is 6.92 Å². The highest BCUT2D eigenvalue weighted by Gasteiger charge is 2.31. The summed E-state index contributed by atoms with van der Waals surface area (Å²) in [5, 5.41) is 9.91. The predicted molar refractivity (Wildman–Crippen MR) is 81.4 cm³/mol.